The minimum absolute atomic E-state index is 0.0559. The van der Waals surface area contributed by atoms with Crippen LogP contribution in [0.25, 0.3) is 0 Å². The highest BCUT2D eigenvalue weighted by Crippen LogP contribution is 2.53. The van der Waals surface area contributed by atoms with Gasteiger partial charge in [0.05, 0.1) is 12.6 Å². The summed E-state index contributed by atoms with van der Waals surface area (Å²) in [4.78, 5) is 36.2. The lowest BCUT2D eigenvalue weighted by Gasteiger charge is -2.39. The van der Waals surface area contributed by atoms with Gasteiger partial charge in [-0.3, -0.25) is 9.59 Å². The van der Waals surface area contributed by atoms with Crippen LogP contribution in [0.5, 0.6) is 0 Å². The van der Waals surface area contributed by atoms with E-state index in [9.17, 15) is 14.0 Å². The highest BCUT2D eigenvalue weighted by molar-refractivity contribution is 6.30. The van der Waals surface area contributed by atoms with Crippen LogP contribution >= 0.6 is 11.6 Å². The molecule has 7 rings (SSSR count). The van der Waals surface area contributed by atoms with Gasteiger partial charge in [0.25, 0.3) is 0 Å². The number of hydrogen-bond acceptors (Lipinski definition) is 6. The van der Waals surface area contributed by atoms with E-state index in [-0.39, 0.29) is 23.5 Å². The van der Waals surface area contributed by atoms with Gasteiger partial charge in [0, 0.05) is 49.4 Å². The van der Waals surface area contributed by atoms with Gasteiger partial charge in [-0.1, -0.05) is 48.0 Å². The van der Waals surface area contributed by atoms with Gasteiger partial charge in [0.2, 0.25) is 11.8 Å². The highest BCUT2D eigenvalue weighted by atomic mass is 35.5. The summed E-state index contributed by atoms with van der Waals surface area (Å²) in [7, 11) is 0. The molecule has 2 N–H and O–H groups in total. The van der Waals surface area contributed by atoms with E-state index in [1.165, 1.54) is 18.5 Å². The topological polar surface area (TPSA) is 95.4 Å². The van der Waals surface area contributed by atoms with Crippen molar-refractivity contribution in [2.45, 2.75) is 43.4 Å². The van der Waals surface area contributed by atoms with Crippen molar-refractivity contribution < 1.29 is 14.0 Å². The summed E-state index contributed by atoms with van der Waals surface area (Å²) in [5.41, 5.74) is 3.99. The van der Waals surface area contributed by atoms with Crippen LogP contribution < -0.4 is 15.5 Å². The number of carbonyl (C=O) groups excluding carboxylic acids is 2. The molecule has 9 nitrogen and oxygen atoms in total. The third-order valence-electron chi connectivity index (χ3n) is 9.11. The van der Waals surface area contributed by atoms with E-state index >= 15 is 0 Å². The average Bonchev–Trinajstić information content (AvgIpc) is 3.53. The zero-order valence-electron chi connectivity index (χ0n) is 24.1. The standard InChI is InChI=1S/C33H33ClFN7O2/c34-26-8-5-22(6-9-26)28-17-33(28,39-31(43)29-16-23-7-10-27(35)15-25(23)18-37-29)32(44)41-13-11-40(12-14-41)30-4-2-1-3-24(30)19-42-21-36-20-38-42/h1-10,15,20-21,28-29,37H,11-14,16-19H2,(H,39,43)/t28?,29-,33?/m1/s1. The van der Waals surface area contributed by atoms with E-state index < -0.39 is 11.6 Å². The van der Waals surface area contributed by atoms with E-state index in [0.29, 0.717) is 57.1 Å². The Morgan fingerprint density at radius 2 is 1.82 bits per heavy atom. The van der Waals surface area contributed by atoms with Crippen molar-refractivity contribution in [3.8, 4) is 0 Å². The quantitative estimate of drug-likeness (QED) is 0.331. The molecular weight excluding hydrogens is 581 g/mol. The predicted octanol–water partition coefficient (Wildman–Crippen LogP) is 3.52. The van der Waals surface area contributed by atoms with Crippen LogP contribution in [0.1, 0.15) is 34.6 Å². The first-order chi connectivity index (χ1) is 21.4. The van der Waals surface area contributed by atoms with Gasteiger partial charge in [0.15, 0.2) is 0 Å². The van der Waals surface area contributed by atoms with Gasteiger partial charge in [0.1, 0.15) is 24.0 Å². The number of anilines is 1. The van der Waals surface area contributed by atoms with Crippen molar-refractivity contribution in [3.63, 3.8) is 0 Å². The molecule has 1 aromatic heterocycles. The molecule has 1 saturated heterocycles. The number of nitrogens with zero attached hydrogens (tertiary/aromatic N) is 5. The van der Waals surface area contributed by atoms with Gasteiger partial charge in [-0.2, -0.15) is 5.10 Å². The fourth-order valence-electron chi connectivity index (χ4n) is 6.64. The van der Waals surface area contributed by atoms with Crippen LogP contribution in [0.4, 0.5) is 10.1 Å². The van der Waals surface area contributed by atoms with Crippen LogP contribution in [0.15, 0.2) is 79.4 Å². The first-order valence-corrected chi connectivity index (χ1v) is 15.3. The molecule has 2 aliphatic heterocycles. The molecule has 0 bridgehead atoms. The van der Waals surface area contributed by atoms with Crippen molar-refractivity contribution in [2.75, 3.05) is 31.1 Å². The van der Waals surface area contributed by atoms with Crippen molar-refractivity contribution in [3.05, 3.63) is 112 Å². The largest absolute Gasteiger partial charge is 0.368 e. The van der Waals surface area contributed by atoms with Gasteiger partial charge in [-0.05, 0) is 65.4 Å². The molecule has 1 aliphatic carbocycles. The van der Waals surface area contributed by atoms with Crippen molar-refractivity contribution in [1.29, 1.82) is 0 Å². The molecule has 4 aromatic rings. The Kier molecular flexibility index (Phi) is 7.55. The van der Waals surface area contributed by atoms with Crippen LogP contribution in [0.3, 0.4) is 0 Å². The molecule has 3 aromatic carbocycles. The number of hydrogen-bond donors (Lipinski definition) is 2. The lowest BCUT2D eigenvalue weighted by atomic mass is 9.94. The Morgan fingerprint density at radius 1 is 1.02 bits per heavy atom. The molecule has 11 heteroatoms. The number of benzene rings is 3. The molecule has 0 spiro atoms. The number of halogens is 2. The second-order valence-electron chi connectivity index (χ2n) is 11.8. The molecule has 2 unspecified atom stereocenters. The van der Waals surface area contributed by atoms with Gasteiger partial charge in [-0.15, -0.1) is 0 Å². The Balaban J connectivity index is 1.07. The number of para-hydroxylation sites is 1. The van der Waals surface area contributed by atoms with Crippen molar-refractivity contribution in [1.82, 2.24) is 30.3 Å². The number of rotatable bonds is 7. The SMILES string of the molecule is O=C(NC1(C(=O)N2CCN(c3ccccc3Cn3cncn3)CC2)CC1c1ccc(Cl)cc1)[C@H]1Cc2ccc(F)cc2CN1. The van der Waals surface area contributed by atoms with E-state index in [1.807, 2.05) is 41.3 Å². The first kappa shape index (κ1) is 28.5. The third-order valence-corrected chi connectivity index (χ3v) is 9.36. The number of aromatic nitrogens is 3. The predicted molar refractivity (Wildman–Crippen MR) is 165 cm³/mol. The first-order valence-electron chi connectivity index (χ1n) is 14.9. The molecule has 226 valence electrons. The summed E-state index contributed by atoms with van der Waals surface area (Å²) >= 11 is 6.15. The second kappa shape index (κ2) is 11.7. The minimum Gasteiger partial charge on any atom is -0.368 e. The summed E-state index contributed by atoms with van der Waals surface area (Å²) in [5.74, 6) is -0.715. The van der Waals surface area contributed by atoms with Crippen molar-refractivity contribution in [2.24, 2.45) is 0 Å². The van der Waals surface area contributed by atoms with Crippen LogP contribution in [0.2, 0.25) is 5.02 Å². The van der Waals surface area contributed by atoms with Crippen molar-refractivity contribution >= 4 is 29.1 Å². The van der Waals surface area contributed by atoms with Crippen LogP contribution in [-0.2, 0) is 29.1 Å². The van der Waals surface area contributed by atoms with Gasteiger partial charge < -0.3 is 20.4 Å². The second-order valence-corrected chi connectivity index (χ2v) is 12.3. The van der Waals surface area contributed by atoms with Crippen LogP contribution in [-0.4, -0.2) is 69.2 Å². The van der Waals surface area contributed by atoms with E-state index in [1.54, 1.807) is 17.1 Å². The zero-order chi connectivity index (χ0) is 30.3. The third kappa shape index (κ3) is 5.55. The number of amides is 2. The summed E-state index contributed by atoms with van der Waals surface area (Å²) in [6.45, 7) is 3.44. The Bertz CT molecular complexity index is 1670. The summed E-state index contributed by atoms with van der Waals surface area (Å²) < 4.78 is 15.5. The molecule has 3 atom stereocenters. The van der Waals surface area contributed by atoms with E-state index in [2.05, 4.69) is 37.7 Å². The maximum Gasteiger partial charge on any atom is 0.249 e. The number of carbonyl (C=O) groups is 2. The Hall–Kier alpha value is -4.28. The maximum atomic E-state index is 14.3. The summed E-state index contributed by atoms with van der Waals surface area (Å²) in [5, 5.41) is 11.3. The average molecular weight is 614 g/mol. The molecule has 1 saturated carbocycles. The monoisotopic (exact) mass is 613 g/mol. The lowest BCUT2D eigenvalue weighted by molar-refractivity contribution is -0.138. The zero-order valence-corrected chi connectivity index (χ0v) is 24.9. The molecule has 0 radical (unpaired) electrons. The molecule has 44 heavy (non-hydrogen) atoms. The van der Waals surface area contributed by atoms with Gasteiger partial charge in [-0.25, -0.2) is 14.1 Å². The maximum absolute atomic E-state index is 14.3. The fraction of sp³-hybridized carbons (Fsp3) is 0.333. The highest BCUT2D eigenvalue weighted by Gasteiger charge is 2.63. The number of piperazine rings is 1. The lowest BCUT2D eigenvalue weighted by Crippen LogP contribution is -2.59. The molecule has 2 fully saturated rings. The minimum atomic E-state index is -1.02. The summed E-state index contributed by atoms with van der Waals surface area (Å²) in [6, 6.07) is 19.9. The van der Waals surface area contributed by atoms with Crippen LogP contribution in [0, 0.1) is 5.82 Å². The Labute approximate surface area is 260 Å². The Morgan fingerprint density at radius 3 is 2.59 bits per heavy atom. The number of fused-ring (bicyclic) bond motifs is 1. The fourth-order valence-corrected chi connectivity index (χ4v) is 6.76. The number of nitrogens with one attached hydrogen (secondary N) is 2. The molecular formula is C33H33ClFN7O2. The van der Waals surface area contributed by atoms with Gasteiger partial charge >= 0.3 is 0 Å². The summed E-state index contributed by atoms with van der Waals surface area (Å²) in [6.07, 6.45) is 4.19. The molecule has 2 amide bonds. The van der Waals surface area contributed by atoms with E-state index in [0.717, 1.165) is 27.9 Å². The smallest absolute Gasteiger partial charge is 0.249 e. The van der Waals surface area contributed by atoms with E-state index in [4.69, 9.17) is 11.6 Å². The molecule has 3 heterocycles. The normalized spacial score (nSPS) is 22.8. The molecule has 3 aliphatic rings.